The molecule has 0 unspecified atom stereocenters. The molecule has 1 amide bonds. The number of amides is 1. The molecule has 0 radical (unpaired) electrons. The number of likely N-dealkylation sites (tertiary alicyclic amines) is 1. The zero-order chi connectivity index (χ0) is 19.3. The highest BCUT2D eigenvalue weighted by molar-refractivity contribution is 5.92. The first-order valence-electron chi connectivity index (χ1n) is 9.36. The SMILES string of the molecule is COc1ccccc1Cc1cnc([C@H]2CCCN(C(=O)c3cnccn3)C2)o1. The molecule has 0 N–H and O–H groups in total. The predicted octanol–water partition coefficient (Wildman–Crippen LogP) is 3.08. The molecule has 0 aliphatic carbocycles. The predicted molar refractivity (Wildman–Crippen MR) is 102 cm³/mol. The Kier molecular flexibility index (Phi) is 5.32. The fourth-order valence-electron chi connectivity index (χ4n) is 3.56. The highest BCUT2D eigenvalue weighted by atomic mass is 16.5. The van der Waals surface area contributed by atoms with E-state index in [4.69, 9.17) is 9.15 Å². The van der Waals surface area contributed by atoms with Crippen LogP contribution in [-0.2, 0) is 6.42 Å². The molecule has 1 aromatic carbocycles. The van der Waals surface area contributed by atoms with E-state index < -0.39 is 0 Å². The molecule has 7 heteroatoms. The van der Waals surface area contributed by atoms with Gasteiger partial charge < -0.3 is 14.1 Å². The normalized spacial score (nSPS) is 16.8. The minimum Gasteiger partial charge on any atom is -0.496 e. The first-order valence-corrected chi connectivity index (χ1v) is 9.36. The van der Waals surface area contributed by atoms with E-state index in [-0.39, 0.29) is 11.8 Å². The van der Waals surface area contributed by atoms with Crippen LogP contribution >= 0.6 is 0 Å². The number of piperidine rings is 1. The van der Waals surface area contributed by atoms with Crippen molar-refractivity contribution in [2.45, 2.75) is 25.2 Å². The summed E-state index contributed by atoms with van der Waals surface area (Å²) in [5, 5.41) is 0. The summed E-state index contributed by atoms with van der Waals surface area (Å²) in [5.41, 5.74) is 1.42. The van der Waals surface area contributed by atoms with Crippen molar-refractivity contribution in [1.82, 2.24) is 19.9 Å². The van der Waals surface area contributed by atoms with Crippen LogP contribution in [0.25, 0.3) is 0 Å². The molecular formula is C21H22N4O3. The van der Waals surface area contributed by atoms with E-state index in [1.54, 1.807) is 19.5 Å². The minimum absolute atomic E-state index is 0.0841. The molecule has 7 nitrogen and oxygen atoms in total. The van der Waals surface area contributed by atoms with Gasteiger partial charge in [0.25, 0.3) is 5.91 Å². The Morgan fingerprint density at radius 1 is 1.25 bits per heavy atom. The van der Waals surface area contributed by atoms with Gasteiger partial charge in [0.15, 0.2) is 5.89 Å². The maximum atomic E-state index is 12.7. The van der Waals surface area contributed by atoms with Gasteiger partial charge in [-0.3, -0.25) is 9.78 Å². The lowest BCUT2D eigenvalue weighted by Gasteiger charge is -2.30. The van der Waals surface area contributed by atoms with E-state index in [0.29, 0.717) is 31.1 Å². The van der Waals surface area contributed by atoms with Gasteiger partial charge in [-0.25, -0.2) is 9.97 Å². The van der Waals surface area contributed by atoms with Crippen LogP contribution < -0.4 is 4.74 Å². The number of rotatable bonds is 5. The lowest BCUT2D eigenvalue weighted by molar-refractivity contribution is 0.0691. The van der Waals surface area contributed by atoms with Crippen LogP contribution in [0.1, 0.15) is 46.5 Å². The van der Waals surface area contributed by atoms with E-state index in [2.05, 4.69) is 15.0 Å². The summed E-state index contributed by atoms with van der Waals surface area (Å²) >= 11 is 0. The number of nitrogens with zero attached hydrogens (tertiary/aromatic N) is 4. The number of ether oxygens (including phenoxy) is 1. The smallest absolute Gasteiger partial charge is 0.274 e. The maximum absolute atomic E-state index is 12.7. The van der Waals surface area contributed by atoms with Crippen LogP contribution in [-0.4, -0.2) is 46.0 Å². The number of oxazole rings is 1. The Balaban J connectivity index is 1.45. The molecule has 3 aromatic rings. The Hall–Kier alpha value is -3.22. The van der Waals surface area contributed by atoms with E-state index in [0.717, 1.165) is 29.9 Å². The third-order valence-electron chi connectivity index (χ3n) is 4.97. The Labute approximate surface area is 163 Å². The van der Waals surface area contributed by atoms with E-state index in [1.807, 2.05) is 29.2 Å². The quantitative estimate of drug-likeness (QED) is 0.679. The van der Waals surface area contributed by atoms with Crippen molar-refractivity contribution < 1.29 is 13.9 Å². The maximum Gasteiger partial charge on any atom is 0.274 e. The summed E-state index contributed by atoms with van der Waals surface area (Å²) < 4.78 is 11.4. The zero-order valence-electron chi connectivity index (χ0n) is 15.7. The Bertz CT molecular complexity index is 942. The highest BCUT2D eigenvalue weighted by Gasteiger charge is 2.29. The number of hydrogen-bond acceptors (Lipinski definition) is 6. The zero-order valence-corrected chi connectivity index (χ0v) is 15.7. The summed E-state index contributed by atoms with van der Waals surface area (Å²) in [5.74, 6) is 2.29. The molecule has 0 saturated carbocycles. The lowest BCUT2D eigenvalue weighted by atomic mass is 9.98. The highest BCUT2D eigenvalue weighted by Crippen LogP contribution is 2.29. The second-order valence-electron chi connectivity index (χ2n) is 6.83. The molecule has 1 aliphatic rings. The topological polar surface area (TPSA) is 81.4 Å². The number of para-hydroxylation sites is 1. The summed E-state index contributed by atoms with van der Waals surface area (Å²) in [6.07, 6.45) is 8.83. The number of hydrogen-bond donors (Lipinski definition) is 0. The minimum atomic E-state index is -0.0985. The van der Waals surface area contributed by atoms with Crippen LogP contribution in [0.4, 0.5) is 0 Å². The molecule has 144 valence electrons. The molecule has 1 fully saturated rings. The van der Waals surface area contributed by atoms with Crippen LogP contribution in [0.5, 0.6) is 5.75 Å². The van der Waals surface area contributed by atoms with Gasteiger partial charge in [-0.2, -0.15) is 0 Å². The second-order valence-corrected chi connectivity index (χ2v) is 6.83. The van der Waals surface area contributed by atoms with Crippen molar-refractivity contribution >= 4 is 5.91 Å². The van der Waals surface area contributed by atoms with Crippen molar-refractivity contribution in [2.24, 2.45) is 0 Å². The number of carbonyl (C=O) groups is 1. The fourth-order valence-corrected chi connectivity index (χ4v) is 3.56. The summed E-state index contributed by atoms with van der Waals surface area (Å²) in [7, 11) is 1.66. The largest absolute Gasteiger partial charge is 0.496 e. The third kappa shape index (κ3) is 3.88. The average Bonchev–Trinajstić information content (AvgIpc) is 3.23. The van der Waals surface area contributed by atoms with Gasteiger partial charge in [0.2, 0.25) is 0 Å². The second kappa shape index (κ2) is 8.21. The molecule has 0 spiro atoms. The molecule has 28 heavy (non-hydrogen) atoms. The number of carbonyl (C=O) groups excluding carboxylic acids is 1. The number of aromatic nitrogens is 3. The van der Waals surface area contributed by atoms with Crippen molar-refractivity contribution in [3.8, 4) is 5.75 Å². The van der Waals surface area contributed by atoms with Gasteiger partial charge in [0.05, 0.1) is 25.4 Å². The molecule has 3 heterocycles. The van der Waals surface area contributed by atoms with Gasteiger partial charge in [-0.1, -0.05) is 18.2 Å². The van der Waals surface area contributed by atoms with Gasteiger partial charge in [-0.05, 0) is 18.9 Å². The van der Waals surface area contributed by atoms with Gasteiger partial charge in [0, 0.05) is 37.5 Å². The molecule has 1 saturated heterocycles. The summed E-state index contributed by atoms with van der Waals surface area (Å²) in [6, 6.07) is 7.87. The van der Waals surface area contributed by atoms with Crippen LogP contribution in [0, 0.1) is 0 Å². The fraction of sp³-hybridized carbons (Fsp3) is 0.333. The molecule has 4 rings (SSSR count). The van der Waals surface area contributed by atoms with Crippen molar-refractivity contribution in [3.05, 3.63) is 72.0 Å². The standard InChI is InChI=1S/C21H22N4O3/c1-27-19-7-3-2-5-15(19)11-17-12-24-20(28-17)16-6-4-10-25(14-16)21(26)18-13-22-8-9-23-18/h2-3,5,7-9,12-13,16H,4,6,10-11,14H2,1H3/t16-/m0/s1. The van der Waals surface area contributed by atoms with E-state index in [1.165, 1.54) is 12.4 Å². The summed E-state index contributed by atoms with van der Waals surface area (Å²) in [6.45, 7) is 1.28. The van der Waals surface area contributed by atoms with Crippen LogP contribution in [0.2, 0.25) is 0 Å². The first kappa shape index (κ1) is 18.2. The lowest BCUT2D eigenvalue weighted by Crippen LogP contribution is -2.39. The first-order chi connectivity index (χ1) is 13.7. The molecule has 2 aromatic heterocycles. The molecule has 1 atom stereocenters. The van der Waals surface area contributed by atoms with E-state index in [9.17, 15) is 4.79 Å². The third-order valence-corrected chi connectivity index (χ3v) is 4.97. The number of benzene rings is 1. The van der Waals surface area contributed by atoms with Gasteiger partial charge in [-0.15, -0.1) is 0 Å². The van der Waals surface area contributed by atoms with E-state index >= 15 is 0 Å². The summed E-state index contributed by atoms with van der Waals surface area (Å²) in [4.78, 5) is 27.0. The van der Waals surface area contributed by atoms with Crippen molar-refractivity contribution in [3.63, 3.8) is 0 Å². The van der Waals surface area contributed by atoms with Gasteiger partial charge in [0.1, 0.15) is 17.2 Å². The Morgan fingerprint density at radius 2 is 2.14 bits per heavy atom. The Morgan fingerprint density at radius 3 is 2.96 bits per heavy atom. The van der Waals surface area contributed by atoms with Crippen LogP contribution in [0.15, 0.2) is 53.5 Å². The average molecular weight is 378 g/mol. The molecule has 0 bridgehead atoms. The van der Waals surface area contributed by atoms with Crippen molar-refractivity contribution in [2.75, 3.05) is 20.2 Å². The molecular weight excluding hydrogens is 356 g/mol. The van der Waals surface area contributed by atoms with Crippen molar-refractivity contribution in [1.29, 1.82) is 0 Å². The monoisotopic (exact) mass is 378 g/mol. The van der Waals surface area contributed by atoms with Gasteiger partial charge >= 0.3 is 0 Å². The molecule has 1 aliphatic heterocycles. The van der Waals surface area contributed by atoms with Crippen LogP contribution in [0.3, 0.4) is 0 Å². The number of methoxy groups -OCH3 is 1.